The maximum atomic E-state index is 11.6. The van der Waals surface area contributed by atoms with Gasteiger partial charge in [-0.25, -0.2) is 9.48 Å². The number of esters is 1. The molecule has 2 aromatic rings. The predicted molar refractivity (Wildman–Crippen MR) is 65.2 cm³/mol. The second-order valence-electron chi connectivity index (χ2n) is 3.61. The van der Waals surface area contributed by atoms with Gasteiger partial charge in [0.15, 0.2) is 0 Å². The van der Waals surface area contributed by atoms with Crippen molar-refractivity contribution in [3.05, 3.63) is 41.7 Å². The summed E-state index contributed by atoms with van der Waals surface area (Å²) in [5.41, 5.74) is 7.57. The van der Waals surface area contributed by atoms with Gasteiger partial charge in [0.25, 0.3) is 0 Å². The third-order valence-corrected chi connectivity index (χ3v) is 2.43. The topological polar surface area (TPSA) is 83.0 Å². The van der Waals surface area contributed by atoms with Gasteiger partial charge < -0.3 is 10.5 Å². The van der Waals surface area contributed by atoms with Crippen LogP contribution in [0.4, 0.5) is 0 Å². The molecule has 94 valence electrons. The Bertz CT molecular complexity index is 551. The molecule has 0 spiro atoms. The number of hydrogen-bond donors (Lipinski definition) is 1. The van der Waals surface area contributed by atoms with Gasteiger partial charge in [-0.2, -0.15) is 0 Å². The maximum absolute atomic E-state index is 11.6. The van der Waals surface area contributed by atoms with Gasteiger partial charge in [0.1, 0.15) is 0 Å². The molecule has 2 rings (SSSR count). The van der Waals surface area contributed by atoms with Gasteiger partial charge in [-0.1, -0.05) is 11.3 Å². The highest BCUT2D eigenvalue weighted by atomic mass is 16.5. The minimum absolute atomic E-state index is 0.330. The summed E-state index contributed by atoms with van der Waals surface area (Å²) in [5, 5.41) is 7.74. The van der Waals surface area contributed by atoms with Gasteiger partial charge in [-0.05, 0) is 25.1 Å². The summed E-state index contributed by atoms with van der Waals surface area (Å²) in [7, 11) is 0. The van der Waals surface area contributed by atoms with Crippen LogP contribution in [0.1, 0.15) is 23.0 Å². The van der Waals surface area contributed by atoms with Crippen molar-refractivity contribution in [3.63, 3.8) is 0 Å². The number of ether oxygens (including phenoxy) is 1. The quantitative estimate of drug-likeness (QED) is 0.810. The third kappa shape index (κ3) is 2.38. The maximum Gasteiger partial charge on any atom is 0.338 e. The summed E-state index contributed by atoms with van der Waals surface area (Å²) < 4.78 is 6.55. The van der Waals surface area contributed by atoms with Gasteiger partial charge in [0.05, 0.1) is 29.7 Å². The van der Waals surface area contributed by atoms with E-state index < -0.39 is 0 Å². The van der Waals surface area contributed by atoms with Crippen LogP contribution < -0.4 is 5.73 Å². The molecule has 0 saturated carbocycles. The van der Waals surface area contributed by atoms with E-state index in [0.29, 0.717) is 18.7 Å². The van der Waals surface area contributed by atoms with E-state index in [2.05, 4.69) is 10.3 Å². The summed E-state index contributed by atoms with van der Waals surface area (Å²) in [6, 6.07) is 6.99. The molecule has 0 aliphatic carbocycles. The normalized spacial score (nSPS) is 10.3. The average Bonchev–Trinajstić information content (AvgIpc) is 2.87. The SMILES string of the molecule is CCOC(=O)c1cccc(-n2nncc2CN)c1. The first kappa shape index (κ1) is 12.3. The predicted octanol–water partition coefficient (Wildman–Crippen LogP) is 0.903. The molecule has 0 unspecified atom stereocenters. The molecule has 0 bridgehead atoms. The Morgan fingerprint density at radius 2 is 2.33 bits per heavy atom. The van der Waals surface area contributed by atoms with E-state index in [-0.39, 0.29) is 5.97 Å². The van der Waals surface area contributed by atoms with Gasteiger partial charge >= 0.3 is 5.97 Å². The zero-order valence-corrected chi connectivity index (χ0v) is 10.0. The summed E-state index contributed by atoms with van der Waals surface area (Å²) in [6.45, 7) is 2.45. The lowest BCUT2D eigenvalue weighted by Crippen LogP contribution is -2.09. The molecule has 6 heteroatoms. The number of nitrogens with two attached hydrogens (primary N) is 1. The van der Waals surface area contributed by atoms with E-state index in [0.717, 1.165) is 11.4 Å². The number of nitrogens with zero attached hydrogens (tertiary/aromatic N) is 3. The van der Waals surface area contributed by atoms with Crippen LogP contribution in [0, 0.1) is 0 Å². The highest BCUT2D eigenvalue weighted by Crippen LogP contribution is 2.12. The second kappa shape index (κ2) is 5.42. The van der Waals surface area contributed by atoms with Crippen LogP contribution in [0.15, 0.2) is 30.5 Å². The average molecular weight is 246 g/mol. The monoisotopic (exact) mass is 246 g/mol. The number of carbonyl (C=O) groups is 1. The highest BCUT2D eigenvalue weighted by Gasteiger charge is 2.09. The van der Waals surface area contributed by atoms with Gasteiger partial charge in [0.2, 0.25) is 0 Å². The molecule has 1 aromatic heterocycles. The van der Waals surface area contributed by atoms with Gasteiger partial charge in [0, 0.05) is 6.54 Å². The highest BCUT2D eigenvalue weighted by molar-refractivity contribution is 5.90. The Kier molecular flexibility index (Phi) is 3.69. The smallest absolute Gasteiger partial charge is 0.338 e. The van der Waals surface area contributed by atoms with Crippen LogP contribution in [-0.2, 0) is 11.3 Å². The van der Waals surface area contributed by atoms with Crippen LogP contribution in [0.5, 0.6) is 0 Å². The van der Waals surface area contributed by atoms with Crippen molar-refractivity contribution in [3.8, 4) is 5.69 Å². The van der Waals surface area contributed by atoms with E-state index in [1.54, 1.807) is 36.0 Å². The zero-order chi connectivity index (χ0) is 13.0. The fourth-order valence-electron chi connectivity index (χ4n) is 1.59. The zero-order valence-electron chi connectivity index (χ0n) is 10.0. The fourth-order valence-corrected chi connectivity index (χ4v) is 1.59. The number of benzene rings is 1. The van der Waals surface area contributed by atoms with Crippen LogP contribution >= 0.6 is 0 Å². The lowest BCUT2D eigenvalue weighted by atomic mass is 10.2. The number of aromatic nitrogens is 3. The van der Waals surface area contributed by atoms with Crippen LogP contribution in [0.2, 0.25) is 0 Å². The van der Waals surface area contributed by atoms with E-state index in [1.165, 1.54) is 0 Å². The minimum atomic E-state index is -0.353. The van der Waals surface area contributed by atoms with Crippen molar-refractivity contribution >= 4 is 5.97 Å². The number of rotatable bonds is 4. The summed E-state index contributed by atoms with van der Waals surface area (Å²) in [4.78, 5) is 11.6. The van der Waals surface area contributed by atoms with E-state index in [1.807, 2.05) is 6.07 Å². The Morgan fingerprint density at radius 1 is 1.50 bits per heavy atom. The Hall–Kier alpha value is -2.21. The molecule has 1 aromatic carbocycles. The van der Waals surface area contributed by atoms with E-state index >= 15 is 0 Å². The van der Waals surface area contributed by atoms with Crippen molar-refractivity contribution in [2.45, 2.75) is 13.5 Å². The molecule has 0 atom stereocenters. The largest absolute Gasteiger partial charge is 0.462 e. The van der Waals surface area contributed by atoms with Crippen molar-refractivity contribution in [2.24, 2.45) is 5.73 Å². The van der Waals surface area contributed by atoms with Crippen LogP contribution in [-0.4, -0.2) is 27.6 Å². The molecule has 0 amide bonds. The Morgan fingerprint density at radius 3 is 3.06 bits per heavy atom. The fraction of sp³-hybridized carbons (Fsp3) is 0.250. The van der Waals surface area contributed by atoms with Crippen LogP contribution in [0.25, 0.3) is 5.69 Å². The lowest BCUT2D eigenvalue weighted by Gasteiger charge is -2.06. The van der Waals surface area contributed by atoms with Crippen molar-refractivity contribution < 1.29 is 9.53 Å². The molecule has 1 heterocycles. The second-order valence-corrected chi connectivity index (χ2v) is 3.61. The van der Waals surface area contributed by atoms with Crippen molar-refractivity contribution in [1.82, 2.24) is 15.0 Å². The lowest BCUT2D eigenvalue weighted by molar-refractivity contribution is 0.0526. The molecular formula is C12H14N4O2. The number of hydrogen-bond acceptors (Lipinski definition) is 5. The molecule has 18 heavy (non-hydrogen) atoms. The van der Waals surface area contributed by atoms with Crippen LogP contribution in [0.3, 0.4) is 0 Å². The first-order valence-electron chi connectivity index (χ1n) is 5.63. The molecular weight excluding hydrogens is 232 g/mol. The molecule has 0 radical (unpaired) electrons. The molecule has 6 nitrogen and oxygen atoms in total. The molecule has 0 aliphatic heterocycles. The number of carbonyl (C=O) groups excluding carboxylic acids is 1. The van der Waals surface area contributed by atoms with E-state index in [4.69, 9.17) is 10.5 Å². The molecule has 0 aliphatic rings. The summed E-state index contributed by atoms with van der Waals surface area (Å²) in [6.07, 6.45) is 1.59. The van der Waals surface area contributed by atoms with E-state index in [9.17, 15) is 4.79 Å². The third-order valence-electron chi connectivity index (χ3n) is 2.43. The first-order chi connectivity index (χ1) is 8.76. The van der Waals surface area contributed by atoms with Crippen molar-refractivity contribution in [2.75, 3.05) is 6.61 Å². The Balaban J connectivity index is 2.35. The van der Waals surface area contributed by atoms with Crippen molar-refractivity contribution in [1.29, 1.82) is 0 Å². The molecule has 2 N–H and O–H groups in total. The molecule has 0 saturated heterocycles. The van der Waals surface area contributed by atoms with Gasteiger partial charge in [-0.15, -0.1) is 5.10 Å². The summed E-state index contributed by atoms with van der Waals surface area (Å²) >= 11 is 0. The first-order valence-corrected chi connectivity index (χ1v) is 5.63. The molecule has 0 fully saturated rings. The Labute approximate surface area is 104 Å². The summed E-state index contributed by atoms with van der Waals surface area (Å²) in [5.74, 6) is -0.353. The minimum Gasteiger partial charge on any atom is -0.462 e. The standard InChI is InChI=1S/C12H14N4O2/c1-2-18-12(17)9-4-3-5-10(6-9)16-11(7-13)8-14-15-16/h3-6,8H,2,7,13H2,1H3. The van der Waals surface area contributed by atoms with Gasteiger partial charge in [-0.3, -0.25) is 0 Å².